The molecular formula is C24H25BrN2O4. The number of Topliss-reactive ketones (excluding diaryl/α,β-unsaturated/α-hetero) is 1. The molecule has 1 saturated heterocycles. The average molecular weight is 485 g/mol. The summed E-state index contributed by atoms with van der Waals surface area (Å²) in [5.41, 5.74) is 1.28. The highest BCUT2D eigenvalue weighted by Crippen LogP contribution is 2.40. The molecular weight excluding hydrogens is 460 g/mol. The largest absolute Gasteiger partial charge is 0.507 e. The summed E-state index contributed by atoms with van der Waals surface area (Å²) in [6.07, 6.45) is 1.64. The molecule has 0 aliphatic carbocycles. The van der Waals surface area contributed by atoms with Gasteiger partial charge in [0.25, 0.3) is 11.7 Å². The van der Waals surface area contributed by atoms with E-state index in [4.69, 9.17) is 4.74 Å². The van der Waals surface area contributed by atoms with Crippen LogP contribution in [0.1, 0.15) is 17.2 Å². The number of carbonyl (C=O) groups is 2. The van der Waals surface area contributed by atoms with Crippen molar-refractivity contribution >= 4 is 33.4 Å². The second-order valence-electron chi connectivity index (χ2n) is 7.47. The summed E-state index contributed by atoms with van der Waals surface area (Å²) in [5.74, 6) is -0.884. The summed E-state index contributed by atoms with van der Waals surface area (Å²) in [4.78, 5) is 29.3. The zero-order valence-electron chi connectivity index (χ0n) is 17.5. The van der Waals surface area contributed by atoms with E-state index in [1.54, 1.807) is 30.3 Å². The smallest absolute Gasteiger partial charge is 0.295 e. The number of likely N-dealkylation sites (tertiary alicyclic amines) is 1. The first-order chi connectivity index (χ1) is 14.8. The van der Waals surface area contributed by atoms with Crippen LogP contribution in [-0.4, -0.2) is 60.4 Å². The van der Waals surface area contributed by atoms with Gasteiger partial charge in [0, 0.05) is 23.1 Å². The number of benzene rings is 2. The first-order valence-corrected chi connectivity index (χ1v) is 10.7. The van der Waals surface area contributed by atoms with Gasteiger partial charge in [0.05, 0.1) is 11.6 Å². The average Bonchev–Trinajstić information content (AvgIpc) is 3.01. The third-order valence-electron chi connectivity index (χ3n) is 4.99. The standard InChI is InChI=1S/C24H25BrN2O4/c1-4-14-31-19-10-8-16(9-11-19)22(28)20-21(17-6-5-7-18(25)15-17)27(13-12-26(2)3)24(30)23(20)29/h4-11,15,21,28H,1,12-14H2,2-3H3/b22-20+/t21-/m1/s1. The Kier molecular flexibility index (Phi) is 7.30. The fourth-order valence-electron chi connectivity index (χ4n) is 3.46. The molecule has 1 amide bonds. The molecule has 7 heteroatoms. The SMILES string of the molecule is C=CCOc1ccc(/C(O)=C2\C(=O)C(=O)N(CCN(C)C)[C@@H]2c2cccc(Br)c2)cc1. The van der Waals surface area contributed by atoms with Gasteiger partial charge < -0.3 is 19.6 Å². The molecule has 2 aromatic rings. The van der Waals surface area contributed by atoms with E-state index in [0.29, 0.717) is 31.0 Å². The van der Waals surface area contributed by atoms with Crippen LogP contribution in [0, 0.1) is 0 Å². The molecule has 31 heavy (non-hydrogen) atoms. The molecule has 1 aliphatic rings. The van der Waals surface area contributed by atoms with Crippen LogP contribution in [0.15, 0.2) is 71.2 Å². The maximum atomic E-state index is 13.0. The second-order valence-corrected chi connectivity index (χ2v) is 8.39. The highest BCUT2D eigenvalue weighted by Gasteiger charge is 2.45. The summed E-state index contributed by atoms with van der Waals surface area (Å²) in [5, 5.41) is 11.1. The molecule has 1 N–H and O–H groups in total. The monoisotopic (exact) mass is 484 g/mol. The van der Waals surface area contributed by atoms with Gasteiger partial charge in [0.15, 0.2) is 0 Å². The Balaban J connectivity index is 2.07. The fraction of sp³-hybridized carbons (Fsp3) is 0.250. The number of hydrogen-bond acceptors (Lipinski definition) is 5. The van der Waals surface area contributed by atoms with Crippen LogP contribution in [0.4, 0.5) is 0 Å². The Hall–Kier alpha value is -2.90. The van der Waals surface area contributed by atoms with Crippen molar-refractivity contribution in [1.82, 2.24) is 9.80 Å². The van der Waals surface area contributed by atoms with Gasteiger partial charge in [-0.1, -0.05) is 40.7 Å². The van der Waals surface area contributed by atoms with Gasteiger partial charge in [-0.25, -0.2) is 0 Å². The molecule has 0 aromatic heterocycles. The van der Waals surface area contributed by atoms with Crippen LogP contribution in [0.5, 0.6) is 5.75 Å². The molecule has 3 rings (SSSR count). The molecule has 162 valence electrons. The van der Waals surface area contributed by atoms with E-state index in [0.717, 1.165) is 10.0 Å². The van der Waals surface area contributed by atoms with E-state index in [1.165, 1.54) is 4.90 Å². The van der Waals surface area contributed by atoms with Crippen molar-refractivity contribution in [2.45, 2.75) is 6.04 Å². The van der Waals surface area contributed by atoms with Gasteiger partial charge in [-0.15, -0.1) is 0 Å². The van der Waals surface area contributed by atoms with Crippen molar-refractivity contribution in [2.24, 2.45) is 0 Å². The number of amides is 1. The zero-order chi connectivity index (χ0) is 22.5. The predicted molar refractivity (Wildman–Crippen MR) is 124 cm³/mol. The molecule has 1 heterocycles. The number of aliphatic hydroxyl groups is 1. The Morgan fingerprint density at radius 3 is 2.55 bits per heavy atom. The number of carbonyl (C=O) groups excluding carboxylic acids is 2. The van der Waals surface area contributed by atoms with E-state index >= 15 is 0 Å². The highest BCUT2D eigenvalue weighted by molar-refractivity contribution is 9.10. The normalized spacial score (nSPS) is 17.9. The molecule has 6 nitrogen and oxygen atoms in total. The van der Waals surface area contributed by atoms with Gasteiger partial charge in [-0.3, -0.25) is 9.59 Å². The molecule has 1 fully saturated rings. The summed E-state index contributed by atoms with van der Waals surface area (Å²) < 4.78 is 6.30. The minimum Gasteiger partial charge on any atom is -0.507 e. The van der Waals surface area contributed by atoms with Gasteiger partial charge in [-0.2, -0.15) is 0 Å². The molecule has 0 unspecified atom stereocenters. The molecule has 0 saturated carbocycles. The lowest BCUT2D eigenvalue weighted by atomic mass is 9.95. The number of likely N-dealkylation sites (N-methyl/N-ethyl adjacent to an activating group) is 1. The van der Waals surface area contributed by atoms with Gasteiger partial charge in [0.1, 0.15) is 18.1 Å². The lowest BCUT2D eigenvalue weighted by Gasteiger charge is -2.26. The van der Waals surface area contributed by atoms with Crippen LogP contribution in [0.25, 0.3) is 5.76 Å². The topological polar surface area (TPSA) is 70.1 Å². The molecule has 1 atom stereocenters. The lowest BCUT2D eigenvalue weighted by molar-refractivity contribution is -0.140. The minimum absolute atomic E-state index is 0.0848. The fourth-order valence-corrected chi connectivity index (χ4v) is 3.88. The number of hydrogen-bond donors (Lipinski definition) is 1. The molecule has 0 bridgehead atoms. The van der Waals surface area contributed by atoms with Crippen LogP contribution >= 0.6 is 15.9 Å². The van der Waals surface area contributed by atoms with Crippen molar-refractivity contribution in [2.75, 3.05) is 33.8 Å². The van der Waals surface area contributed by atoms with Crippen LogP contribution < -0.4 is 4.74 Å². The number of nitrogens with zero attached hydrogens (tertiary/aromatic N) is 2. The van der Waals surface area contributed by atoms with Crippen molar-refractivity contribution in [1.29, 1.82) is 0 Å². The summed E-state index contributed by atoms with van der Waals surface area (Å²) in [7, 11) is 3.81. The van der Waals surface area contributed by atoms with E-state index in [9.17, 15) is 14.7 Å². The zero-order valence-corrected chi connectivity index (χ0v) is 19.1. The van der Waals surface area contributed by atoms with Gasteiger partial charge >= 0.3 is 0 Å². The Bertz CT molecular complexity index is 1010. The maximum absolute atomic E-state index is 13.0. The first-order valence-electron chi connectivity index (χ1n) is 9.86. The van der Waals surface area contributed by atoms with E-state index in [1.807, 2.05) is 43.3 Å². The number of rotatable bonds is 8. The number of halogens is 1. The quantitative estimate of drug-likeness (QED) is 0.265. The van der Waals surface area contributed by atoms with E-state index in [2.05, 4.69) is 22.5 Å². The van der Waals surface area contributed by atoms with Crippen molar-refractivity contribution < 1.29 is 19.4 Å². The number of ketones is 1. The Labute approximate surface area is 190 Å². The number of ether oxygens (including phenoxy) is 1. The highest BCUT2D eigenvalue weighted by atomic mass is 79.9. The molecule has 0 spiro atoms. The predicted octanol–water partition coefficient (Wildman–Crippen LogP) is 4.00. The van der Waals surface area contributed by atoms with Crippen molar-refractivity contribution in [3.8, 4) is 5.75 Å². The van der Waals surface area contributed by atoms with Crippen LogP contribution in [0.3, 0.4) is 0 Å². The van der Waals surface area contributed by atoms with Crippen LogP contribution in [0.2, 0.25) is 0 Å². The summed E-state index contributed by atoms with van der Waals surface area (Å²) in [6.45, 7) is 4.93. The molecule has 0 radical (unpaired) electrons. The van der Waals surface area contributed by atoms with Crippen molar-refractivity contribution in [3.63, 3.8) is 0 Å². The minimum atomic E-state index is -0.687. The third-order valence-corrected chi connectivity index (χ3v) is 5.48. The van der Waals surface area contributed by atoms with Crippen LogP contribution in [-0.2, 0) is 9.59 Å². The van der Waals surface area contributed by atoms with Gasteiger partial charge in [-0.05, 0) is 56.1 Å². The summed E-state index contributed by atoms with van der Waals surface area (Å²) in [6, 6.07) is 13.5. The van der Waals surface area contributed by atoms with E-state index in [-0.39, 0.29) is 11.3 Å². The maximum Gasteiger partial charge on any atom is 0.295 e. The summed E-state index contributed by atoms with van der Waals surface area (Å²) >= 11 is 3.46. The van der Waals surface area contributed by atoms with Crippen molar-refractivity contribution in [3.05, 3.63) is 82.4 Å². The first kappa shape index (κ1) is 22.8. The Morgan fingerprint density at radius 1 is 1.23 bits per heavy atom. The van der Waals surface area contributed by atoms with E-state index < -0.39 is 17.7 Å². The number of aliphatic hydroxyl groups excluding tert-OH is 1. The van der Waals surface area contributed by atoms with Gasteiger partial charge in [0.2, 0.25) is 0 Å². The third kappa shape index (κ3) is 5.06. The Morgan fingerprint density at radius 2 is 1.94 bits per heavy atom. The second kappa shape index (κ2) is 9.94. The lowest BCUT2D eigenvalue weighted by Crippen LogP contribution is -2.35. The molecule has 2 aromatic carbocycles. The molecule has 1 aliphatic heterocycles.